The number of amides is 1. The Hall–Kier alpha value is -3.09. The number of carbonyl (C=O) groups is 1. The zero-order chi connectivity index (χ0) is 15.2. The Balaban J connectivity index is 1.95. The largest absolute Gasteiger partial charge is 0.508 e. The summed E-state index contributed by atoms with van der Waals surface area (Å²) in [4.78, 5) is 21.9. The fraction of sp³-hybridized carbons (Fsp3) is 0.0714. The van der Waals surface area contributed by atoms with Gasteiger partial charge in [-0.05, 0) is 30.3 Å². The first-order valence-corrected chi connectivity index (χ1v) is 6.01. The molecule has 0 heterocycles. The molecule has 0 saturated carbocycles. The predicted molar refractivity (Wildman–Crippen MR) is 75.3 cm³/mol. The number of nitrogens with one attached hydrogen (secondary N) is 1. The van der Waals surface area contributed by atoms with Crippen molar-refractivity contribution >= 4 is 17.3 Å². The van der Waals surface area contributed by atoms with E-state index in [4.69, 9.17) is 9.84 Å². The molecule has 0 aliphatic rings. The molecule has 0 aromatic heterocycles. The second-order valence-corrected chi connectivity index (χ2v) is 4.11. The molecule has 2 aromatic carbocycles. The van der Waals surface area contributed by atoms with Crippen LogP contribution in [0.25, 0.3) is 0 Å². The molecule has 0 fully saturated rings. The number of phenols is 1. The van der Waals surface area contributed by atoms with Crippen LogP contribution in [-0.2, 0) is 4.79 Å². The molecular formula is C14H12N2O5. The number of nitro benzene ring substituents is 1. The van der Waals surface area contributed by atoms with Gasteiger partial charge in [-0.15, -0.1) is 0 Å². The maximum Gasteiger partial charge on any atom is 0.310 e. The van der Waals surface area contributed by atoms with Gasteiger partial charge in [-0.2, -0.15) is 0 Å². The monoisotopic (exact) mass is 288 g/mol. The third-order valence-corrected chi connectivity index (χ3v) is 2.57. The molecule has 0 bridgehead atoms. The maximum atomic E-state index is 11.7. The SMILES string of the molecule is O=C(COc1ccccc1[N+](=O)[O-])Nc1ccc(O)cc1. The number of rotatable bonds is 5. The van der Waals surface area contributed by atoms with Gasteiger partial charge in [0.25, 0.3) is 5.91 Å². The van der Waals surface area contributed by atoms with Crippen LogP contribution in [-0.4, -0.2) is 22.5 Å². The van der Waals surface area contributed by atoms with Crippen molar-refractivity contribution in [1.29, 1.82) is 0 Å². The van der Waals surface area contributed by atoms with Gasteiger partial charge >= 0.3 is 5.69 Å². The van der Waals surface area contributed by atoms with E-state index in [1.165, 1.54) is 42.5 Å². The minimum atomic E-state index is -0.576. The summed E-state index contributed by atoms with van der Waals surface area (Å²) >= 11 is 0. The Bertz CT molecular complexity index is 655. The number of nitrogens with zero attached hydrogens (tertiary/aromatic N) is 1. The summed E-state index contributed by atoms with van der Waals surface area (Å²) in [7, 11) is 0. The number of hydrogen-bond acceptors (Lipinski definition) is 5. The lowest BCUT2D eigenvalue weighted by Crippen LogP contribution is -2.20. The highest BCUT2D eigenvalue weighted by molar-refractivity contribution is 5.91. The highest BCUT2D eigenvalue weighted by Crippen LogP contribution is 2.25. The molecule has 2 N–H and O–H groups in total. The van der Waals surface area contributed by atoms with Crippen LogP contribution in [0.3, 0.4) is 0 Å². The smallest absolute Gasteiger partial charge is 0.310 e. The first-order valence-electron chi connectivity index (χ1n) is 6.01. The molecule has 0 unspecified atom stereocenters. The van der Waals surface area contributed by atoms with Crippen LogP contribution >= 0.6 is 0 Å². The number of ether oxygens (including phenoxy) is 1. The zero-order valence-electron chi connectivity index (χ0n) is 10.9. The van der Waals surface area contributed by atoms with Crippen molar-refractivity contribution in [3.8, 4) is 11.5 Å². The van der Waals surface area contributed by atoms with Crippen molar-refractivity contribution in [1.82, 2.24) is 0 Å². The first-order chi connectivity index (χ1) is 10.1. The van der Waals surface area contributed by atoms with Crippen molar-refractivity contribution in [2.24, 2.45) is 0 Å². The quantitative estimate of drug-likeness (QED) is 0.499. The molecule has 7 nitrogen and oxygen atoms in total. The third kappa shape index (κ3) is 3.93. The van der Waals surface area contributed by atoms with Gasteiger partial charge in [-0.3, -0.25) is 14.9 Å². The van der Waals surface area contributed by atoms with E-state index >= 15 is 0 Å². The number of aromatic hydroxyl groups is 1. The second kappa shape index (κ2) is 6.38. The fourth-order valence-corrected chi connectivity index (χ4v) is 1.62. The number of carbonyl (C=O) groups excluding carboxylic acids is 1. The molecule has 0 aliphatic heterocycles. The van der Waals surface area contributed by atoms with Gasteiger partial charge in [-0.25, -0.2) is 0 Å². The summed E-state index contributed by atoms with van der Waals surface area (Å²) in [5.41, 5.74) is 0.291. The molecule has 108 valence electrons. The highest BCUT2D eigenvalue weighted by Gasteiger charge is 2.14. The van der Waals surface area contributed by atoms with E-state index in [9.17, 15) is 14.9 Å². The number of nitro groups is 1. The lowest BCUT2D eigenvalue weighted by molar-refractivity contribution is -0.385. The average molecular weight is 288 g/mol. The lowest BCUT2D eigenvalue weighted by atomic mass is 10.3. The normalized spacial score (nSPS) is 9.90. The zero-order valence-corrected chi connectivity index (χ0v) is 10.9. The first kappa shape index (κ1) is 14.3. The third-order valence-electron chi connectivity index (χ3n) is 2.57. The van der Waals surface area contributed by atoms with Gasteiger partial charge in [0.05, 0.1) is 4.92 Å². The van der Waals surface area contributed by atoms with Crippen LogP contribution in [0.1, 0.15) is 0 Å². The molecule has 0 radical (unpaired) electrons. The number of anilines is 1. The van der Waals surface area contributed by atoms with Crippen LogP contribution in [0.5, 0.6) is 11.5 Å². The number of para-hydroxylation sites is 2. The Morgan fingerprint density at radius 3 is 2.52 bits per heavy atom. The molecular weight excluding hydrogens is 276 g/mol. The summed E-state index contributed by atoms with van der Waals surface area (Å²) in [6.07, 6.45) is 0. The van der Waals surface area contributed by atoms with E-state index in [1.54, 1.807) is 6.07 Å². The van der Waals surface area contributed by atoms with Crippen molar-refractivity contribution in [3.05, 3.63) is 58.6 Å². The van der Waals surface area contributed by atoms with E-state index in [-0.39, 0.29) is 23.8 Å². The van der Waals surface area contributed by atoms with Gasteiger partial charge in [0.2, 0.25) is 0 Å². The topological polar surface area (TPSA) is 102 Å². The standard InChI is InChI=1S/C14H12N2O5/c17-11-7-5-10(6-8-11)15-14(18)9-21-13-4-2-1-3-12(13)16(19)20/h1-8,17H,9H2,(H,15,18). The molecule has 21 heavy (non-hydrogen) atoms. The van der Waals surface area contributed by atoms with Gasteiger partial charge in [-0.1, -0.05) is 12.1 Å². The molecule has 2 rings (SSSR count). The lowest BCUT2D eigenvalue weighted by Gasteiger charge is -2.07. The Morgan fingerprint density at radius 1 is 1.19 bits per heavy atom. The van der Waals surface area contributed by atoms with Crippen molar-refractivity contribution in [3.63, 3.8) is 0 Å². The van der Waals surface area contributed by atoms with E-state index in [0.29, 0.717) is 5.69 Å². The summed E-state index contributed by atoms with van der Waals surface area (Å²) in [6, 6.07) is 11.7. The van der Waals surface area contributed by atoms with Gasteiger partial charge in [0, 0.05) is 11.8 Å². The molecule has 0 atom stereocenters. The Labute approximate surface area is 119 Å². The van der Waals surface area contributed by atoms with Gasteiger partial charge in [0.15, 0.2) is 12.4 Å². The summed E-state index contributed by atoms with van der Waals surface area (Å²) in [6.45, 7) is -0.355. The van der Waals surface area contributed by atoms with E-state index in [1.807, 2.05) is 0 Å². The van der Waals surface area contributed by atoms with Gasteiger partial charge < -0.3 is 15.2 Å². The number of phenolic OH excluding ortho intramolecular Hbond substituents is 1. The average Bonchev–Trinajstić information content (AvgIpc) is 2.48. The highest BCUT2D eigenvalue weighted by atomic mass is 16.6. The van der Waals surface area contributed by atoms with E-state index in [2.05, 4.69) is 5.32 Å². The van der Waals surface area contributed by atoms with E-state index < -0.39 is 10.8 Å². The molecule has 2 aromatic rings. The minimum Gasteiger partial charge on any atom is -0.508 e. The number of benzene rings is 2. The van der Waals surface area contributed by atoms with Crippen molar-refractivity contribution in [2.45, 2.75) is 0 Å². The summed E-state index contributed by atoms with van der Waals surface area (Å²) in [5, 5.41) is 22.5. The maximum absolute atomic E-state index is 11.7. The predicted octanol–water partition coefficient (Wildman–Crippen LogP) is 2.32. The van der Waals surface area contributed by atoms with Crippen LogP contribution in [0.2, 0.25) is 0 Å². The number of hydrogen-bond donors (Lipinski definition) is 2. The summed E-state index contributed by atoms with van der Waals surface area (Å²) in [5.74, 6) is -0.341. The van der Waals surface area contributed by atoms with Crippen molar-refractivity contribution in [2.75, 3.05) is 11.9 Å². The summed E-state index contributed by atoms with van der Waals surface area (Å²) < 4.78 is 5.15. The fourth-order valence-electron chi connectivity index (χ4n) is 1.62. The molecule has 0 aliphatic carbocycles. The van der Waals surface area contributed by atoms with Crippen molar-refractivity contribution < 1.29 is 19.6 Å². The van der Waals surface area contributed by atoms with Crippen LogP contribution in [0.4, 0.5) is 11.4 Å². The van der Waals surface area contributed by atoms with Crippen LogP contribution < -0.4 is 10.1 Å². The molecule has 1 amide bonds. The molecule has 0 saturated heterocycles. The second-order valence-electron chi connectivity index (χ2n) is 4.11. The van der Waals surface area contributed by atoms with E-state index in [0.717, 1.165) is 0 Å². The molecule has 0 spiro atoms. The Kier molecular flexibility index (Phi) is 4.35. The van der Waals surface area contributed by atoms with Crippen LogP contribution in [0, 0.1) is 10.1 Å². The minimum absolute atomic E-state index is 0.0309. The van der Waals surface area contributed by atoms with Gasteiger partial charge in [0.1, 0.15) is 5.75 Å². The van der Waals surface area contributed by atoms with Crippen LogP contribution in [0.15, 0.2) is 48.5 Å². The Morgan fingerprint density at radius 2 is 1.86 bits per heavy atom. The molecule has 7 heteroatoms.